The van der Waals surface area contributed by atoms with Gasteiger partial charge in [-0.2, -0.15) is 0 Å². The minimum Gasteiger partial charge on any atom is -0.340 e. The summed E-state index contributed by atoms with van der Waals surface area (Å²) >= 11 is 0. The normalized spacial score (nSPS) is 21.3. The Morgan fingerprint density at radius 2 is 1.83 bits per heavy atom. The van der Waals surface area contributed by atoms with E-state index in [4.69, 9.17) is 0 Å². The molecule has 2 aliphatic heterocycles. The summed E-state index contributed by atoms with van der Waals surface area (Å²) in [6.45, 7) is 4.16. The van der Waals surface area contributed by atoms with Gasteiger partial charge in [-0.15, -0.1) is 0 Å². The van der Waals surface area contributed by atoms with Gasteiger partial charge in [0.2, 0.25) is 11.8 Å². The van der Waals surface area contributed by atoms with Gasteiger partial charge in [-0.1, -0.05) is 0 Å². The molecule has 0 spiro atoms. The second kappa shape index (κ2) is 8.10. The van der Waals surface area contributed by atoms with Crippen molar-refractivity contribution in [1.82, 2.24) is 14.7 Å². The van der Waals surface area contributed by atoms with Gasteiger partial charge < -0.3 is 14.7 Å². The summed E-state index contributed by atoms with van der Waals surface area (Å²) in [4.78, 5) is 29.8. The van der Waals surface area contributed by atoms with Crippen molar-refractivity contribution in [3.63, 3.8) is 0 Å². The van der Waals surface area contributed by atoms with Crippen molar-refractivity contribution in [1.29, 1.82) is 0 Å². The van der Waals surface area contributed by atoms with E-state index in [9.17, 15) is 18.0 Å². The van der Waals surface area contributed by atoms with E-state index in [2.05, 4.69) is 4.90 Å². The van der Waals surface area contributed by atoms with Crippen LogP contribution in [0.4, 0.5) is 0 Å². The van der Waals surface area contributed by atoms with E-state index >= 15 is 0 Å². The average Bonchev–Trinajstić information content (AvgIpc) is 2.72. The van der Waals surface area contributed by atoms with Crippen LogP contribution in [0.5, 0.6) is 0 Å². The molecule has 2 rings (SSSR count). The number of amides is 2. The van der Waals surface area contributed by atoms with Crippen molar-refractivity contribution in [3.05, 3.63) is 0 Å². The van der Waals surface area contributed by atoms with Crippen LogP contribution in [0.1, 0.15) is 25.7 Å². The smallest absolute Gasteiger partial charge is 0.242 e. The maximum absolute atomic E-state index is 12.4. The number of rotatable bonds is 5. The van der Waals surface area contributed by atoms with Gasteiger partial charge in [0, 0.05) is 45.4 Å². The zero-order valence-electron chi connectivity index (χ0n) is 13.9. The highest BCUT2D eigenvalue weighted by Crippen LogP contribution is 2.11. The highest BCUT2D eigenvalue weighted by atomic mass is 32.2. The third-order valence-corrected chi connectivity index (χ3v) is 5.39. The first-order valence-corrected chi connectivity index (χ1v) is 10.4. The van der Waals surface area contributed by atoms with Crippen molar-refractivity contribution in [2.24, 2.45) is 0 Å². The molecule has 2 fully saturated rings. The molecule has 132 valence electrons. The molecule has 0 atom stereocenters. The number of nitrogens with zero attached hydrogens (tertiary/aromatic N) is 3. The summed E-state index contributed by atoms with van der Waals surface area (Å²) in [6, 6.07) is 0. The van der Waals surface area contributed by atoms with Crippen molar-refractivity contribution in [3.8, 4) is 0 Å². The van der Waals surface area contributed by atoms with Crippen molar-refractivity contribution in [2.45, 2.75) is 25.7 Å². The number of hydrogen-bond donors (Lipinski definition) is 0. The van der Waals surface area contributed by atoms with E-state index in [1.165, 1.54) is 6.26 Å². The summed E-state index contributed by atoms with van der Waals surface area (Å²) in [5.74, 6) is 0.239. The molecule has 0 unspecified atom stereocenters. The standard InChI is InChI=1S/C15H27N3O4S/c1-23(21,22)12-11-16-6-4-8-17(10-9-16)15(20)13-18-7-3-2-5-14(18)19/h2-13H2,1H3. The molecule has 0 N–H and O–H groups in total. The third kappa shape index (κ3) is 6.10. The first-order chi connectivity index (χ1) is 10.8. The molecule has 8 heteroatoms. The number of carbonyl (C=O) groups excluding carboxylic acids is 2. The summed E-state index contributed by atoms with van der Waals surface area (Å²) < 4.78 is 22.5. The molecule has 0 aromatic heterocycles. The molecule has 23 heavy (non-hydrogen) atoms. The van der Waals surface area contributed by atoms with Crippen molar-refractivity contribution < 1.29 is 18.0 Å². The number of likely N-dealkylation sites (tertiary alicyclic amines) is 1. The van der Waals surface area contributed by atoms with Gasteiger partial charge in [0.25, 0.3) is 0 Å². The molecule has 0 aliphatic carbocycles. The zero-order chi connectivity index (χ0) is 16.9. The Balaban J connectivity index is 1.80. The lowest BCUT2D eigenvalue weighted by Gasteiger charge is -2.29. The topological polar surface area (TPSA) is 78.0 Å². The first kappa shape index (κ1) is 18.2. The molecule has 0 saturated carbocycles. The lowest BCUT2D eigenvalue weighted by Crippen LogP contribution is -2.45. The average molecular weight is 345 g/mol. The fourth-order valence-electron chi connectivity index (χ4n) is 3.03. The van der Waals surface area contributed by atoms with E-state index in [-0.39, 0.29) is 24.1 Å². The third-order valence-electron chi connectivity index (χ3n) is 4.47. The van der Waals surface area contributed by atoms with E-state index in [0.717, 1.165) is 25.8 Å². The summed E-state index contributed by atoms with van der Waals surface area (Å²) in [5, 5.41) is 0. The van der Waals surface area contributed by atoms with Crippen LogP contribution in [0, 0.1) is 0 Å². The lowest BCUT2D eigenvalue weighted by molar-refractivity contribution is -0.141. The Morgan fingerprint density at radius 3 is 2.52 bits per heavy atom. The predicted octanol–water partition coefficient (Wildman–Crippen LogP) is -0.422. The van der Waals surface area contributed by atoms with Crippen LogP contribution in [0.25, 0.3) is 0 Å². The van der Waals surface area contributed by atoms with Crippen LogP contribution in [0.2, 0.25) is 0 Å². The van der Waals surface area contributed by atoms with Crippen molar-refractivity contribution in [2.75, 3.05) is 57.8 Å². The molecule has 7 nitrogen and oxygen atoms in total. The van der Waals surface area contributed by atoms with Crippen LogP contribution in [-0.2, 0) is 19.4 Å². The van der Waals surface area contributed by atoms with E-state index in [1.54, 1.807) is 4.90 Å². The largest absolute Gasteiger partial charge is 0.340 e. The Labute approximate surface area is 138 Å². The monoisotopic (exact) mass is 345 g/mol. The number of piperidine rings is 1. The van der Waals surface area contributed by atoms with Gasteiger partial charge in [-0.05, 0) is 25.8 Å². The second-order valence-corrected chi connectivity index (χ2v) is 8.74. The molecule has 0 radical (unpaired) electrons. The highest BCUT2D eigenvalue weighted by molar-refractivity contribution is 7.90. The maximum Gasteiger partial charge on any atom is 0.242 e. The Bertz CT molecular complexity index is 535. The summed E-state index contributed by atoms with van der Waals surface area (Å²) in [5.41, 5.74) is 0. The van der Waals surface area contributed by atoms with Gasteiger partial charge in [-0.3, -0.25) is 9.59 Å². The minimum absolute atomic E-state index is 0.00483. The van der Waals surface area contributed by atoms with Gasteiger partial charge in [-0.25, -0.2) is 8.42 Å². The quantitative estimate of drug-likeness (QED) is 0.676. The number of sulfone groups is 1. The molecule has 0 aromatic carbocycles. The van der Waals surface area contributed by atoms with E-state index < -0.39 is 9.84 Å². The first-order valence-electron chi connectivity index (χ1n) is 8.31. The number of hydrogen-bond acceptors (Lipinski definition) is 5. The lowest BCUT2D eigenvalue weighted by atomic mass is 10.1. The molecule has 0 bridgehead atoms. The van der Waals surface area contributed by atoms with Crippen LogP contribution in [0.15, 0.2) is 0 Å². The Morgan fingerprint density at radius 1 is 1.04 bits per heavy atom. The second-order valence-electron chi connectivity index (χ2n) is 6.48. The molecule has 2 saturated heterocycles. The van der Waals surface area contributed by atoms with Crippen LogP contribution in [-0.4, -0.2) is 92.8 Å². The maximum atomic E-state index is 12.4. The van der Waals surface area contributed by atoms with Gasteiger partial charge in [0.15, 0.2) is 0 Å². The Kier molecular flexibility index (Phi) is 6.41. The minimum atomic E-state index is -2.96. The SMILES string of the molecule is CS(=O)(=O)CCN1CCCN(C(=O)CN2CCCCC2=O)CC1. The van der Waals surface area contributed by atoms with E-state index in [1.807, 2.05) is 4.90 Å². The zero-order valence-corrected chi connectivity index (χ0v) is 14.7. The number of carbonyl (C=O) groups is 2. The molecule has 0 aromatic rings. The van der Waals surface area contributed by atoms with Gasteiger partial charge in [0.1, 0.15) is 9.84 Å². The van der Waals surface area contributed by atoms with Crippen molar-refractivity contribution >= 4 is 21.7 Å². The molecular formula is C15H27N3O4S. The molecule has 2 aliphatic rings. The molecular weight excluding hydrogens is 318 g/mol. The summed E-state index contributed by atoms with van der Waals surface area (Å²) in [6.07, 6.45) is 4.52. The highest BCUT2D eigenvalue weighted by Gasteiger charge is 2.25. The fraction of sp³-hybridized carbons (Fsp3) is 0.867. The molecule has 2 heterocycles. The van der Waals surface area contributed by atoms with Gasteiger partial charge >= 0.3 is 0 Å². The Hall–Kier alpha value is -1.15. The van der Waals surface area contributed by atoms with Crippen LogP contribution < -0.4 is 0 Å². The predicted molar refractivity (Wildman–Crippen MR) is 87.8 cm³/mol. The van der Waals surface area contributed by atoms with Gasteiger partial charge in [0.05, 0.1) is 12.3 Å². The molecule has 2 amide bonds. The van der Waals surface area contributed by atoms with Crippen LogP contribution >= 0.6 is 0 Å². The van der Waals surface area contributed by atoms with E-state index in [0.29, 0.717) is 39.1 Å². The van der Waals surface area contributed by atoms with Crippen LogP contribution in [0.3, 0.4) is 0 Å². The fourth-order valence-corrected chi connectivity index (χ4v) is 3.62. The summed E-state index contributed by atoms with van der Waals surface area (Å²) in [7, 11) is -2.96.